The van der Waals surface area contributed by atoms with Gasteiger partial charge in [-0.05, 0) is 95.1 Å². The van der Waals surface area contributed by atoms with E-state index in [-0.39, 0.29) is 66.1 Å². The third-order valence-corrected chi connectivity index (χ3v) is 14.0. The molecule has 13 nitrogen and oxygen atoms in total. The number of hydrogen-bond donors (Lipinski definition) is 4. The number of carbonyl (C=O) groups is 1. The van der Waals surface area contributed by atoms with Crippen molar-refractivity contribution in [3.8, 4) is 0 Å². The Bertz CT molecular complexity index is 1510. The van der Waals surface area contributed by atoms with Gasteiger partial charge in [-0.2, -0.15) is 0 Å². The molecule has 3 spiro atoms. The first-order valence-corrected chi connectivity index (χ1v) is 21.6. The zero-order valence-corrected chi connectivity index (χ0v) is 37.5. The summed E-state index contributed by atoms with van der Waals surface area (Å²) in [4.78, 5) is 11.5. The third-order valence-electron chi connectivity index (χ3n) is 14.0. The van der Waals surface area contributed by atoms with Crippen molar-refractivity contribution in [3.05, 3.63) is 36.0 Å². The van der Waals surface area contributed by atoms with Gasteiger partial charge in [-0.15, -0.1) is 0 Å². The zero-order chi connectivity index (χ0) is 40.9. The van der Waals surface area contributed by atoms with Crippen LogP contribution in [0.25, 0.3) is 0 Å². The van der Waals surface area contributed by atoms with Crippen molar-refractivity contribution in [2.75, 3.05) is 6.61 Å². The van der Waals surface area contributed by atoms with Gasteiger partial charge < -0.3 is 63.5 Å². The van der Waals surface area contributed by atoms with E-state index < -0.39 is 71.7 Å². The van der Waals surface area contributed by atoms with Crippen LogP contribution < -0.4 is 34.7 Å². The summed E-state index contributed by atoms with van der Waals surface area (Å²) in [5, 5.41) is 56.0. The Hall–Kier alpha value is -0.750. The summed E-state index contributed by atoms with van der Waals surface area (Å²) in [7, 11) is 0. The van der Waals surface area contributed by atoms with Crippen molar-refractivity contribution in [3.63, 3.8) is 0 Å². The van der Waals surface area contributed by atoms with Crippen LogP contribution >= 0.6 is 0 Å². The number of carboxylic acids is 1. The van der Waals surface area contributed by atoms with Crippen molar-refractivity contribution in [2.24, 2.45) is 17.8 Å². The van der Waals surface area contributed by atoms with Gasteiger partial charge in [0, 0.05) is 38.0 Å². The van der Waals surface area contributed by atoms with E-state index in [0.29, 0.717) is 56.4 Å². The molecule has 0 aromatic rings. The first-order chi connectivity index (χ1) is 26.9. The van der Waals surface area contributed by atoms with E-state index in [0.717, 1.165) is 50.7 Å². The second-order valence-electron chi connectivity index (χ2n) is 18.9. The van der Waals surface area contributed by atoms with Crippen molar-refractivity contribution in [1.29, 1.82) is 0 Å². The van der Waals surface area contributed by atoms with Gasteiger partial charge >= 0.3 is 29.6 Å². The molecule has 17 atom stereocenters. The van der Waals surface area contributed by atoms with Crippen LogP contribution in [-0.4, -0.2) is 117 Å². The SMILES string of the molecule is C=C1[C@@H](O)[C@@H]2O[C@]3(CC[C@H](/C=C/[C@@H](C)[C@@H]4CC(C)=C[C@@]5(O[C@H](C[C@@](C)(O)C(=O)[O-])CC[C@H]5O)O4)O3)CC[C@H]2O[C@@H]1[C@@H](O)CC(C)[C@H]1O[C@@]2(CCCCO2)CC[C@H]1C.[Na+]. The fourth-order valence-electron chi connectivity index (χ4n) is 10.5. The van der Waals surface area contributed by atoms with Crippen molar-refractivity contribution < 1.29 is 93.0 Å². The van der Waals surface area contributed by atoms with Gasteiger partial charge in [0.15, 0.2) is 11.6 Å². The molecule has 7 aliphatic heterocycles. The maximum absolute atomic E-state index is 11.5. The van der Waals surface area contributed by atoms with Gasteiger partial charge in [-0.1, -0.05) is 45.1 Å². The summed E-state index contributed by atoms with van der Waals surface area (Å²) < 4.78 is 45.2. The molecule has 6 saturated heterocycles. The van der Waals surface area contributed by atoms with E-state index in [1.54, 1.807) is 6.08 Å². The van der Waals surface area contributed by atoms with Crippen LogP contribution in [0.1, 0.15) is 125 Å². The van der Waals surface area contributed by atoms with Crippen molar-refractivity contribution in [1.82, 2.24) is 0 Å². The number of carbonyl (C=O) groups excluding carboxylic acids is 1. The van der Waals surface area contributed by atoms with E-state index >= 15 is 0 Å². The fraction of sp³-hybridized carbons (Fsp3) is 0.841. The number of carboxylic acid groups (broad SMARTS) is 1. The number of aliphatic hydroxyl groups excluding tert-OH is 3. The van der Waals surface area contributed by atoms with Crippen LogP contribution in [0.3, 0.4) is 0 Å². The maximum atomic E-state index is 11.5. The number of fused-ring (bicyclic) bond motifs is 1. The summed E-state index contributed by atoms with van der Waals surface area (Å²) in [6.07, 6.45) is 9.10. The molecule has 7 heterocycles. The van der Waals surface area contributed by atoms with E-state index in [1.807, 2.05) is 26.0 Å². The molecular formula is C44H67NaO13. The zero-order valence-electron chi connectivity index (χ0n) is 35.5. The van der Waals surface area contributed by atoms with Crippen LogP contribution in [0.15, 0.2) is 36.0 Å². The van der Waals surface area contributed by atoms with Gasteiger partial charge in [0.2, 0.25) is 5.79 Å². The molecule has 6 fully saturated rings. The normalized spacial score (nSPS) is 44.6. The Labute approximate surface area is 366 Å². The molecule has 0 aromatic heterocycles. The Kier molecular flexibility index (Phi) is 14.9. The van der Waals surface area contributed by atoms with Crippen LogP contribution in [-0.2, 0) is 38.0 Å². The predicted molar refractivity (Wildman–Crippen MR) is 205 cm³/mol. The van der Waals surface area contributed by atoms with E-state index in [2.05, 4.69) is 20.4 Å². The number of aliphatic carboxylic acids is 1. The molecule has 4 N–H and O–H groups in total. The minimum absolute atomic E-state index is 0. The van der Waals surface area contributed by atoms with Crippen LogP contribution in [0, 0.1) is 17.8 Å². The Morgan fingerprint density at radius 2 is 1.76 bits per heavy atom. The molecule has 7 aliphatic rings. The molecule has 0 saturated carbocycles. The van der Waals surface area contributed by atoms with Crippen molar-refractivity contribution >= 4 is 5.97 Å². The molecule has 7 rings (SSSR count). The first kappa shape index (κ1) is 46.7. The summed E-state index contributed by atoms with van der Waals surface area (Å²) in [5.74, 6) is -4.11. The Balaban J connectivity index is 0.00000567. The van der Waals surface area contributed by atoms with Gasteiger partial charge in [0.25, 0.3) is 0 Å². The van der Waals surface area contributed by atoms with Crippen LogP contribution in [0.2, 0.25) is 0 Å². The van der Waals surface area contributed by atoms with Gasteiger partial charge in [-0.25, -0.2) is 0 Å². The number of hydrogen-bond acceptors (Lipinski definition) is 13. The minimum Gasteiger partial charge on any atom is -0.547 e. The largest absolute Gasteiger partial charge is 1.00 e. The van der Waals surface area contributed by atoms with E-state index in [1.165, 1.54) is 6.92 Å². The summed E-state index contributed by atoms with van der Waals surface area (Å²) in [6, 6.07) is 0. The number of rotatable bonds is 10. The second-order valence-corrected chi connectivity index (χ2v) is 18.9. The van der Waals surface area contributed by atoms with Crippen LogP contribution in [0.5, 0.6) is 0 Å². The molecule has 0 aromatic carbocycles. The third kappa shape index (κ3) is 9.89. The minimum atomic E-state index is -2.07. The average molecular weight is 827 g/mol. The molecular weight excluding hydrogens is 759 g/mol. The molecule has 14 heteroatoms. The van der Waals surface area contributed by atoms with Crippen molar-refractivity contribution in [2.45, 2.75) is 209 Å². The quantitative estimate of drug-likeness (QED) is 0.180. The van der Waals surface area contributed by atoms with Gasteiger partial charge in [0.1, 0.15) is 30.0 Å². The molecule has 58 heavy (non-hydrogen) atoms. The van der Waals surface area contributed by atoms with E-state index in [4.69, 9.17) is 33.2 Å². The fourth-order valence-corrected chi connectivity index (χ4v) is 10.5. The van der Waals surface area contributed by atoms with Crippen LogP contribution in [0.4, 0.5) is 0 Å². The predicted octanol–water partition coefficient (Wildman–Crippen LogP) is 0.883. The Morgan fingerprint density at radius 3 is 2.48 bits per heavy atom. The Morgan fingerprint density at radius 1 is 1.02 bits per heavy atom. The smallest absolute Gasteiger partial charge is 0.547 e. The molecule has 322 valence electrons. The number of ether oxygens (including phenoxy) is 7. The molecule has 0 amide bonds. The standard InChI is InChI=1S/C44H68O13.Na/c1-25-21-34(55-44(23-25)35(46)12-11-31(54-44)24-41(6,50)40(48)49)26(2)9-10-30-14-18-43(53-30)19-15-33-39(57-43)36(47)29(5)38(52-33)32(45)22-28(4)37-27(3)13-17-42(56-37)16-7-8-20-51-42;/h9-10,23,26-28,30-39,45-47,50H,5,7-8,11-22,24H2,1-4,6H3,(H,48,49);/q;+1/p-1/b10-9+;/t26-,27-,28?,30+,31+,32+,33-,34+,35-,36-,37+,38+,39-,41-,42+,43-,44-;/m1./s1. The monoisotopic (exact) mass is 826 g/mol. The first-order valence-electron chi connectivity index (χ1n) is 21.6. The molecule has 0 aliphatic carbocycles. The topological polar surface area (TPSA) is 186 Å². The molecule has 0 radical (unpaired) electrons. The summed E-state index contributed by atoms with van der Waals surface area (Å²) in [6.45, 7) is 14.4. The van der Waals surface area contributed by atoms with Gasteiger partial charge in [-0.3, -0.25) is 0 Å². The van der Waals surface area contributed by atoms with Gasteiger partial charge in [0.05, 0.1) is 49.2 Å². The van der Waals surface area contributed by atoms with E-state index in [9.17, 15) is 30.3 Å². The molecule has 0 bridgehead atoms. The molecule has 1 unspecified atom stereocenters. The number of aliphatic hydroxyl groups is 4. The summed E-state index contributed by atoms with van der Waals surface area (Å²) in [5.41, 5.74) is -0.677. The second kappa shape index (κ2) is 18.5. The maximum Gasteiger partial charge on any atom is 1.00 e. The summed E-state index contributed by atoms with van der Waals surface area (Å²) >= 11 is 0. The average Bonchev–Trinajstić information content (AvgIpc) is 3.56.